The maximum absolute atomic E-state index is 3.71. The normalized spacial score (nSPS) is 21.8. The summed E-state index contributed by atoms with van der Waals surface area (Å²) < 4.78 is 0. The molecule has 0 saturated carbocycles. The zero-order valence-corrected chi connectivity index (χ0v) is 5.97. The van der Waals surface area contributed by atoms with Gasteiger partial charge in [0, 0.05) is 6.54 Å². The first-order valence-corrected chi connectivity index (χ1v) is 3.77. The van der Waals surface area contributed by atoms with Crippen molar-refractivity contribution in [1.29, 1.82) is 0 Å². The van der Waals surface area contributed by atoms with Gasteiger partial charge < -0.3 is 0 Å². The van der Waals surface area contributed by atoms with E-state index in [1.807, 2.05) is 6.08 Å². The first-order valence-electron chi connectivity index (χ1n) is 3.77. The number of rotatable bonds is 2. The van der Waals surface area contributed by atoms with Gasteiger partial charge in [-0.25, -0.2) is 0 Å². The third-order valence-electron chi connectivity index (χ3n) is 1.84. The molecule has 0 amide bonds. The van der Waals surface area contributed by atoms with E-state index >= 15 is 0 Å². The summed E-state index contributed by atoms with van der Waals surface area (Å²) in [5.74, 6) is 0. The summed E-state index contributed by atoms with van der Waals surface area (Å²) in [4.78, 5) is 2.45. The van der Waals surface area contributed by atoms with Gasteiger partial charge in [-0.3, -0.25) is 4.90 Å². The first kappa shape index (κ1) is 6.81. The van der Waals surface area contributed by atoms with Crippen molar-refractivity contribution in [3.63, 3.8) is 0 Å². The van der Waals surface area contributed by atoms with Crippen molar-refractivity contribution in [2.24, 2.45) is 0 Å². The van der Waals surface area contributed by atoms with Gasteiger partial charge in [0.1, 0.15) is 0 Å². The molecular formula is C8H15N. The van der Waals surface area contributed by atoms with Crippen LogP contribution in [0.3, 0.4) is 0 Å². The van der Waals surface area contributed by atoms with Crippen LogP contribution in [0.15, 0.2) is 12.7 Å². The number of likely N-dealkylation sites (tertiary alicyclic amines) is 1. The van der Waals surface area contributed by atoms with E-state index in [4.69, 9.17) is 0 Å². The molecule has 1 aliphatic rings. The highest BCUT2D eigenvalue weighted by molar-refractivity contribution is 4.75. The monoisotopic (exact) mass is 125 g/mol. The van der Waals surface area contributed by atoms with Gasteiger partial charge in [-0.15, -0.1) is 6.58 Å². The molecule has 0 unspecified atom stereocenters. The molecular weight excluding hydrogens is 110 g/mol. The van der Waals surface area contributed by atoms with Gasteiger partial charge >= 0.3 is 0 Å². The van der Waals surface area contributed by atoms with Crippen molar-refractivity contribution in [3.05, 3.63) is 12.7 Å². The van der Waals surface area contributed by atoms with Gasteiger partial charge in [0.05, 0.1) is 0 Å². The predicted molar refractivity (Wildman–Crippen MR) is 40.5 cm³/mol. The minimum atomic E-state index is 1.08. The Bertz CT molecular complexity index is 82.6. The minimum absolute atomic E-state index is 1.08. The summed E-state index contributed by atoms with van der Waals surface area (Å²) in [6.45, 7) is 7.36. The highest BCUT2D eigenvalue weighted by Gasteiger charge is 2.06. The molecule has 1 fully saturated rings. The van der Waals surface area contributed by atoms with E-state index in [9.17, 15) is 0 Å². The Balaban J connectivity index is 2.15. The lowest BCUT2D eigenvalue weighted by Gasteiger charge is -2.24. The topological polar surface area (TPSA) is 3.24 Å². The Morgan fingerprint density at radius 3 is 2.44 bits per heavy atom. The van der Waals surface area contributed by atoms with E-state index in [0.717, 1.165) is 6.54 Å². The summed E-state index contributed by atoms with van der Waals surface area (Å²) in [7, 11) is 0. The highest BCUT2D eigenvalue weighted by atomic mass is 15.1. The van der Waals surface area contributed by atoms with Crippen molar-refractivity contribution >= 4 is 0 Å². The predicted octanol–water partition coefficient (Wildman–Crippen LogP) is 1.66. The quantitative estimate of drug-likeness (QED) is 0.507. The smallest absolute Gasteiger partial charge is 0.0160 e. The van der Waals surface area contributed by atoms with Crippen LogP contribution in [-0.2, 0) is 0 Å². The summed E-state index contributed by atoms with van der Waals surface area (Å²) in [6, 6.07) is 0. The van der Waals surface area contributed by atoms with Crippen LogP contribution in [0.4, 0.5) is 0 Å². The van der Waals surface area contributed by atoms with E-state index in [0.29, 0.717) is 0 Å². The second kappa shape index (κ2) is 3.67. The van der Waals surface area contributed by atoms with Crippen LogP contribution >= 0.6 is 0 Å². The number of hydrogen-bond donors (Lipinski definition) is 0. The molecule has 0 radical (unpaired) electrons. The van der Waals surface area contributed by atoms with Crippen LogP contribution in [0, 0.1) is 0 Å². The fourth-order valence-corrected chi connectivity index (χ4v) is 1.32. The van der Waals surface area contributed by atoms with E-state index in [1.165, 1.54) is 32.4 Å². The van der Waals surface area contributed by atoms with Gasteiger partial charge in [-0.05, 0) is 25.9 Å². The molecule has 0 atom stereocenters. The van der Waals surface area contributed by atoms with Gasteiger partial charge in [-0.2, -0.15) is 0 Å². The van der Waals surface area contributed by atoms with Crippen molar-refractivity contribution in [2.75, 3.05) is 19.6 Å². The Kier molecular flexibility index (Phi) is 2.78. The zero-order chi connectivity index (χ0) is 6.53. The molecule has 0 aromatic heterocycles. The van der Waals surface area contributed by atoms with Gasteiger partial charge in [0.15, 0.2) is 0 Å². The maximum atomic E-state index is 3.71. The molecule has 0 N–H and O–H groups in total. The average Bonchev–Trinajstić information content (AvgIpc) is 1.91. The van der Waals surface area contributed by atoms with E-state index in [-0.39, 0.29) is 0 Å². The molecule has 0 spiro atoms. The van der Waals surface area contributed by atoms with Crippen LogP contribution in [0.1, 0.15) is 19.3 Å². The number of hydrogen-bond acceptors (Lipinski definition) is 1. The Morgan fingerprint density at radius 2 is 1.89 bits per heavy atom. The van der Waals surface area contributed by atoms with Crippen molar-refractivity contribution in [1.82, 2.24) is 4.90 Å². The molecule has 0 bridgehead atoms. The van der Waals surface area contributed by atoms with E-state index in [1.54, 1.807) is 0 Å². The zero-order valence-electron chi connectivity index (χ0n) is 5.97. The first-order chi connectivity index (χ1) is 4.43. The molecule has 1 heteroatoms. The molecule has 0 aromatic rings. The van der Waals surface area contributed by atoms with E-state index in [2.05, 4.69) is 11.5 Å². The summed E-state index contributed by atoms with van der Waals surface area (Å²) >= 11 is 0. The number of nitrogens with zero attached hydrogens (tertiary/aromatic N) is 1. The lowest BCUT2D eigenvalue weighted by Crippen LogP contribution is -2.29. The second-order valence-corrected chi connectivity index (χ2v) is 2.65. The molecule has 0 aromatic carbocycles. The maximum Gasteiger partial charge on any atom is 0.0160 e. The van der Waals surface area contributed by atoms with Crippen molar-refractivity contribution < 1.29 is 0 Å². The van der Waals surface area contributed by atoms with Crippen LogP contribution < -0.4 is 0 Å². The summed E-state index contributed by atoms with van der Waals surface area (Å²) in [5, 5.41) is 0. The fourth-order valence-electron chi connectivity index (χ4n) is 1.32. The van der Waals surface area contributed by atoms with E-state index < -0.39 is 0 Å². The molecule has 9 heavy (non-hydrogen) atoms. The van der Waals surface area contributed by atoms with Gasteiger partial charge in [-0.1, -0.05) is 12.5 Å². The number of piperidine rings is 1. The molecule has 1 aliphatic heterocycles. The Labute approximate surface area is 57.4 Å². The second-order valence-electron chi connectivity index (χ2n) is 2.65. The van der Waals surface area contributed by atoms with Crippen LogP contribution in [0.2, 0.25) is 0 Å². The van der Waals surface area contributed by atoms with Crippen molar-refractivity contribution in [3.8, 4) is 0 Å². The fraction of sp³-hybridized carbons (Fsp3) is 0.750. The Morgan fingerprint density at radius 1 is 1.22 bits per heavy atom. The molecule has 1 nitrogen and oxygen atoms in total. The molecule has 52 valence electrons. The minimum Gasteiger partial charge on any atom is -0.300 e. The average molecular weight is 125 g/mol. The molecule has 1 rings (SSSR count). The van der Waals surface area contributed by atoms with Gasteiger partial charge in [0.2, 0.25) is 0 Å². The lowest BCUT2D eigenvalue weighted by atomic mass is 10.1. The standard InChI is InChI=1S/C8H15N/c1-2-6-9-7-4-3-5-8-9/h2H,1,3-8H2. The van der Waals surface area contributed by atoms with Gasteiger partial charge in [0.25, 0.3) is 0 Å². The van der Waals surface area contributed by atoms with Crippen LogP contribution in [0.25, 0.3) is 0 Å². The third-order valence-corrected chi connectivity index (χ3v) is 1.84. The van der Waals surface area contributed by atoms with Crippen molar-refractivity contribution in [2.45, 2.75) is 19.3 Å². The highest BCUT2D eigenvalue weighted by Crippen LogP contribution is 2.07. The van der Waals surface area contributed by atoms with Crippen LogP contribution in [0.5, 0.6) is 0 Å². The Hall–Kier alpha value is -0.300. The SMILES string of the molecule is C=CCN1CCCCC1. The summed E-state index contributed by atoms with van der Waals surface area (Å²) in [5.41, 5.74) is 0. The molecule has 0 aliphatic carbocycles. The largest absolute Gasteiger partial charge is 0.300 e. The van der Waals surface area contributed by atoms with Crippen LogP contribution in [-0.4, -0.2) is 24.5 Å². The third kappa shape index (κ3) is 2.19. The molecule has 1 saturated heterocycles. The lowest BCUT2D eigenvalue weighted by molar-refractivity contribution is 0.251. The summed E-state index contributed by atoms with van der Waals surface area (Å²) in [6.07, 6.45) is 6.18. The molecule has 1 heterocycles.